The number of alkyl halides is 2. The summed E-state index contributed by atoms with van der Waals surface area (Å²) in [5.74, 6) is 0.284. The lowest BCUT2D eigenvalue weighted by Gasteiger charge is -2.09. The van der Waals surface area contributed by atoms with Gasteiger partial charge in [-0.15, -0.1) is 0 Å². The standard InChI is InChI=1S/C15H12F2INO3/c16-15(17)22-12-6-4-11(5-7-12)19-14(20)9-21-13-3-1-2-10(18)8-13/h1-8,15H,9H2,(H,19,20). The van der Waals surface area contributed by atoms with Crippen LogP contribution in [0.5, 0.6) is 11.5 Å². The minimum Gasteiger partial charge on any atom is -0.484 e. The highest BCUT2D eigenvalue weighted by atomic mass is 127. The molecular weight excluding hydrogens is 407 g/mol. The van der Waals surface area contributed by atoms with Gasteiger partial charge in [-0.2, -0.15) is 8.78 Å². The highest BCUT2D eigenvalue weighted by molar-refractivity contribution is 14.1. The summed E-state index contributed by atoms with van der Waals surface area (Å²) in [5, 5.41) is 2.60. The molecule has 0 heterocycles. The van der Waals surface area contributed by atoms with E-state index in [0.717, 1.165) is 3.57 Å². The monoisotopic (exact) mass is 419 g/mol. The Morgan fingerprint density at radius 3 is 2.50 bits per heavy atom. The fraction of sp³-hybridized carbons (Fsp3) is 0.133. The molecule has 0 aliphatic carbocycles. The summed E-state index contributed by atoms with van der Waals surface area (Å²) in [6.45, 7) is -3.02. The van der Waals surface area contributed by atoms with Gasteiger partial charge >= 0.3 is 6.61 Å². The molecule has 0 saturated heterocycles. The number of halogens is 3. The molecule has 0 unspecified atom stereocenters. The third kappa shape index (κ3) is 5.47. The first-order chi connectivity index (χ1) is 10.5. The van der Waals surface area contributed by atoms with E-state index in [0.29, 0.717) is 11.4 Å². The quantitative estimate of drug-likeness (QED) is 0.723. The smallest absolute Gasteiger partial charge is 0.387 e. The number of ether oxygens (including phenoxy) is 2. The van der Waals surface area contributed by atoms with E-state index in [4.69, 9.17) is 4.74 Å². The van der Waals surface area contributed by atoms with Gasteiger partial charge in [-0.05, 0) is 65.1 Å². The SMILES string of the molecule is O=C(COc1cccc(I)c1)Nc1ccc(OC(F)F)cc1. The summed E-state index contributed by atoms with van der Waals surface area (Å²) < 4.78 is 34.6. The summed E-state index contributed by atoms with van der Waals surface area (Å²) >= 11 is 2.15. The molecule has 7 heteroatoms. The van der Waals surface area contributed by atoms with Crippen molar-refractivity contribution in [3.63, 3.8) is 0 Å². The molecule has 2 rings (SSSR count). The topological polar surface area (TPSA) is 47.6 Å². The summed E-state index contributed by atoms with van der Waals surface area (Å²) in [5.41, 5.74) is 0.470. The molecule has 0 saturated carbocycles. The normalized spacial score (nSPS) is 10.4. The molecule has 0 aromatic heterocycles. The van der Waals surface area contributed by atoms with E-state index in [-0.39, 0.29) is 18.3 Å². The number of hydrogen-bond acceptors (Lipinski definition) is 3. The lowest BCUT2D eigenvalue weighted by molar-refractivity contribution is -0.118. The van der Waals surface area contributed by atoms with Crippen molar-refractivity contribution in [1.29, 1.82) is 0 Å². The Kier molecular flexibility index (Phi) is 5.93. The molecule has 0 spiro atoms. The predicted octanol–water partition coefficient (Wildman–Crippen LogP) is 3.91. The zero-order valence-electron chi connectivity index (χ0n) is 11.3. The molecule has 0 aliphatic heterocycles. The minimum absolute atomic E-state index is 0.0307. The van der Waals surface area contributed by atoms with Crippen molar-refractivity contribution in [2.75, 3.05) is 11.9 Å². The van der Waals surface area contributed by atoms with Crippen molar-refractivity contribution in [1.82, 2.24) is 0 Å². The third-order valence-corrected chi connectivity index (χ3v) is 3.20. The van der Waals surface area contributed by atoms with Gasteiger partial charge in [0.2, 0.25) is 0 Å². The lowest BCUT2D eigenvalue weighted by atomic mass is 10.3. The Bertz CT molecular complexity index is 635. The predicted molar refractivity (Wildman–Crippen MR) is 86.4 cm³/mol. The molecule has 1 N–H and O–H groups in total. The average molecular weight is 419 g/mol. The number of carbonyl (C=O) groups is 1. The Morgan fingerprint density at radius 2 is 1.86 bits per heavy atom. The molecule has 0 atom stereocenters. The highest BCUT2D eigenvalue weighted by Crippen LogP contribution is 2.18. The van der Waals surface area contributed by atoms with Crippen LogP contribution in [0.1, 0.15) is 0 Å². The summed E-state index contributed by atoms with van der Waals surface area (Å²) in [6, 6.07) is 13.0. The van der Waals surface area contributed by atoms with Gasteiger partial charge in [-0.3, -0.25) is 4.79 Å². The summed E-state index contributed by atoms with van der Waals surface area (Å²) in [7, 11) is 0. The second kappa shape index (κ2) is 7.92. The molecule has 0 bridgehead atoms. The molecule has 116 valence electrons. The van der Waals surface area contributed by atoms with E-state index in [1.807, 2.05) is 18.2 Å². The summed E-state index contributed by atoms with van der Waals surface area (Å²) in [6.07, 6.45) is 0. The van der Waals surface area contributed by atoms with Crippen LogP contribution in [-0.2, 0) is 4.79 Å². The van der Waals surface area contributed by atoms with E-state index in [9.17, 15) is 13.6 Å². The Hall–Kier alpha value is -1.90. The molecule has 0 aliphatic rings. The van der Waals surface area contributed by atoms with Crippen LogP contribution < -0.4 is 14.8 Å². The lowest BCUT2D eigenvalue weighted by Crippen LogP contribution is -2.20. The van der Waals surface area contributed by atoms with E-state index in [1.165, 1.54) is 24.3 Å². The average Bonchev–Trinajstić information content (AvgIpc) is 2.47. The molecule has 0 fully saturated rings. The first-order valence-corrected chi connectivity index (χ1v) is 7.34. The van der Waals surface area contributed by atoms with Gasteiger partial charge in [-0.25, -0.2) is 0 Å². The van der Waals surface area contributed by atoms with Crippen LogP contribution in [0.2, 0.25) is 0 Å². The van der Waals surface area contributed by atoms with Crippen molar-refractivity contribution in [3.8, 4) is 11.5 Å². The number of carbonyl (C=O) groups excluding carboxylic acids is 1. The van der Waals surface area contributed by atoms with Crippen LogP contribution in [0.3, 0.4) is 0 Å². The molecule has 0 radical (unpaired) electrons. The van der Waals surface area contributed by atoms with Crippen molar-refractivity contribution in [2.24, 2.45) is 0 Å². The Morgan fingerprint density at radius 1 is 1.14 bits per heavy atom. The maximum atomic E-state index is 12.0. The maximum absolute atomic E-state index is 12.0. The number of rotatable bonds is 6. The van der Waals surface area contributed by atoms with Crippen molar-refractivity contribution in [2.45, 2.75) is 6.61 Å². The van der Waals surface area contributed by atoms with Gasteiger partial charge < -0.3 is 14.8 Å². The molecular formula is C15H12F2INO3. The Labute approximate surface area is 139 Å². The molecule has 4 nitrogen and oxygen atoms in total. The second-order valence-electron chi connectivity index (χ2n) is 4.20. The molecule has 22 heavy (non-hydrogen) atoms. The maximum Gasteiger partial charge on any atom is 0.387 e. The van der Waals surface area contributed by atoms with E-state index < -0.39 is 6.61 Å². The second-order valence-corrected chi connectivity index (χ2v) is 5.44. The zero-order valence-corrected chi connectivity index (χ0v) is 13.4. The molecule has 1 amide bonds. The van der Waals surface area contributed by atoms with Crippen LogP contribution >= 0.6 is 22.6 Å². The van der Waals surface area contributed by atoms with Crippen LogP contribution in [0.15, 0.2) is 48.5 Å². The zero-order chi connectivity index (χ0) is 15.9. The van der Waals surface area contributed by atoms with Gasteiger partial charge in [0.05, 0.1) is 0 Å². The number of benzene rings is 2. The van der Waals surface area contributed by atoms with E-state index in [1.54, 1.807) is 6.07 Å². The number of nitrogens with one attached hydrogen (secondary N) is 1. The van der Waals surface area contributed by atoms with Gasteiger partial charge in [0.25, 0.3) is 5.91 Å². The third-order valence-electron chi connectivity index (χ3n) is 2.53. The van der Waals surface area contributed by atoms with Crippen molar-refractivity contribution < 1.29 is 23.0 Å². The largest absolute Gasteiger partial charge is 0.484 e. The fourth-order valence-corrected chi connectivity index (χ4v) is 2.14. The van der Waals surface area contributed by atoms with Crippen molar-refractivity contribution >= 4 is 34.2 Å². The van der Waals surface area contributed by atoms with E-state index in [2.05, 4.69) is 32.6 Å². The first kappa shape index (κ1) is 16.5. The van der Waals surface area contributed by atoms with Gasteiger partial charge in [0.15, 0.2) is 6.61 Å². The Balaban J connectivity index is 1.84. The van der Waals surface area contributed by atoms with Gasteiger partial charge in [0, 0.05) is 9.26 Å². The van der Waals surface area contributed by atoms with Crippen LogP contribution in [0, 0.1) is 3.57 Å². The van der Waals surface area contributed by atoms with Gasteiger partial charge in [0.1, 0.15) is 11.5 Å². The first-order valence-electron chi connectivity index (χ1n) is 6.26. The number of anilines is 1. The van der Waals surface area contributed by atoms with Crippen molar-refractivity contribution in [3.05, 3.63) is 52.1 Å². The number of hydrogen-bond donors (Lipinski definition) is 1. The van der Waals surface area contributed by atoms with Crippen LogP contribution in [-0.4, -0.2) is 19.1 Å². The molecule has 2 aromatic rings. The highest BCUT2D eigenvalue weighted by Gasteiger charge is 2.06. The van der Waals surface area contributed by atoms with Crippen LogP contribution in [0.25, 0.3) is 0 Å². The number of amides is 1. The fourth-order valence-electron chi connectivity index (χ4n) is 1.62. The minimum atomic E-state index is -2.87. The summed E-state index contributed by atoms with van der Waals surface area (Å²) in [4.78, 5) is 11.7. The molecule has 2 aromatic carbocycles. The van der Waals surface area contributed by atoms with E-state index >= 15 is 0 Å². The van der Waals surface area contributed by atoms with Gasteiger partial charge in [-0.1, -0.05) is 6.07 Å². The van der Waals surface area contributed by atoms with Crippen LogP contribution in [0.4, 0.5) is 14.5 Å².